The number of piperazine rings is 1. The predicted octanol–water partition coefficient (Wildman–Crippen LogP) is 2.72. The van der Waals surface area contributed by atoms with Crippen LogP contribution in [0.2, 0.25) is 5.02 Å². The molecule has 2 aromatic rings. The fourth-order valence-corrected chi connectivity index (χ4v) is 3.07. The van der Waals surface area contributed by atoms with Crippen LogP contribution < -0.4 is 0 Å². The van der Waals surface area contributed by atoms with Gasteiger partial charge in [0.2, 0.25) is 5.91 Å². The van der Waals surface area contributed by atoms with Gasteiger partial charge in [0.05, 0.1) is 23.5 Å². The van der Waals surface area contributed by atoms with E-state index in [9.17, 15) is 13.6 Å². The summed E-state index contributed by atoms with van der Waals surface area (Å²) in [6, 6.07) is 3.77. The number of halogens is 3. The molecular weight excluding hydrogens is 354 g/mol. The molecule has 1 saturated heterocycles. The first kappa shape index (κ1) is 17.9. The SMILES string of the molecule is Cc1c(Cl)c(C(F)F)nn1CC(=O)N1CCN(Cc2ccco2)CC1. The highest BCUT2D eigenvalue weighted by Gasteiger charge is 2.25. The molecule has 0 saturated carbocycles. The van der Waals surface area contributed by atoms with Crippen molar-refractivity contribution in [2.45, 2.75) is 26.4 Å². The van der Waals surface area contributed by atoms with Gasteiger partial charge in [-0.15, -0.1) is 0 Å². The van der Waals surface area contributed by atoms with Crippen LogP contribution in [-0.2, 0) is 17.9 Å². The fourth-order valence-electron chi connectivity index (χ4n) is 2.85. The van der Waals surface area contributed by atoms with Gasteiger partial charge >= 0.3 is 0 Å². The van der Waals surface area contributed by atoms with Crippen molar-refractivity contribution in [3.05, 3.63) is 40.6 Å². The lowest BCUT2D eigenvalue weighted by Gasteiger charge is -2.34. The van der Waals surface area contributed by atoms with Gasteiger partial charge in [0, 0.05) is 26.2 Å². The van der Waals surface area contributed by atoms with E-state index in [2.05, 4.69) is 10.00 Å². The molecule has 2 aromatic heterocycles. The van der Waals surface area contributed by atoms with Crippen molar-refractivity contribution in [1.82, 2.24) is 19.6 Å². The molecule has 1 aliphatic heterocycles. The van der Waals surface area contributed by atoms with Crippen LogP contribution in [-0.4, -0.2) is 51.7 Å². The molecule has 0 aliphatic carbocycles. The topological polar surface area (TPSA) is 54.5 Å². The molecule has 0 spiro atoms. The van der Waals surface area contributed by atoms with Crippen molar-refractivity contribution < 1.29 is 18.0 Å². The Bertz CT molecular complexity index is 725. The molecule has 9 heteroatoms. The third-order valence-electron chi connectivity index (χ3n) is 4.33. The molecule has 3 heterocycles. The smallest absolute Gasteiger partial charge is 0.283 e. The quantitative estimate of drug-likeness (QED) is 0.809. The Balaban J connectivity index is 1.55. The monoisotopic (exact) mass is 372 g/mol. The first-order valence-corrected chi connectivity index (χ1v) is 8.37. The summed E-state index contributed by atoms with van der Waals surface area (Å²) >= 11 is 5.86. The number of carbonyl (C=O) groups is 1. The van der Waals surface area contributed by atoms with Crippen molar-refractivity contribution in [2.24, 2.45) is 0 Å². The van der Waals surface area contributed by atoms with Crippen LogP contribution >= 0.6 is 11.6 Å². The van der Waals surface area contributed by atoms with Crippen LogP contribution in [0, 0.1) is 6.92 Å². The van der Waals surface area contributed by atoms with Crippen molar-refractivity contribution in [1.29, 1.82) is 0 Å². The van der Waals surface area contributed by atoms with Crippen molar-refractivity contribution in [3.63, 3.8) is 0 Å². The number of hydrogen-bond acceptors (Lipinski definition) is 4. The lowest BCUT2D eigenvalue weighted by atomic mass is 10.3. The van der Waals surface area contributed by atoms with Gasteiger partial charge in [-0.05, 0) is 19.1 Å². The summed E-state index contributed by atoms with van der Waals surface area (Å²) in [5.41, 5.74) is -0.1000. The average Bonchev–Trinajstić information content (AvgIpc) is 3.19. The Morgan fingerprint density at radius 2 is 2.08 bits per heavy atom. The summed E-state index contributed by atoms with van der Waals surface area (Å²) < 4.78 is 32.3. The molecular formula is C16H19ClF2N4O2. The van der Waals surface area contributed by atoms with Gasteiger partial charge in [-0.3, -0.25) is 14.4 Å². The van der Waals surface area contributed by atoms with Crippen LogP contribution in [0.1, 0.15) is 23.6 Å². The molecule has 3 rings (SSSR count). The summed E-state index contributed by atoms with van der Waals surface area (Å²) in [7, 11) is 0. The van der Waals surface area contributed by atoms with E-state index in [1.807, 2.05) is 12.1 Å². The standard InChI is InChI=1S/C16H19ClF2N4O2/c1-11-14(17)15(16(18)19)20-23(11)10-13(24)22-6-4-21(5-7-22)9-12-3-2-8-25-12/h2-3,8,16H,4-7,9-10H2,1H3. The third-order valence-corrected chi connectivity index (χ3v) is 4.80. The molecule has 6 nitrogen and oxygen atoms in total. The van der Waals surface area contributed by atoms with Gasteiger partial charge in [-0.1, -0.05) is 11.6 Å². The highest BCUT2D eigenvalue weighted by molar-refractivity contribution is 6.31. The molecule has 136 valence electrons. The van der Waals surface area contributed by atoms with Crippen LogP contribution in [0.25, 0.3) is 0 Å². The molecule has 0 atom stereocenters. The normalized spacial score (nSPS) is 16.0. The molecule has 0 unspecified atom stereocenters. The molecule has 0 N–H and O–H groups in total. The predicted molar refractivity (Wildman–Crippen MR) is 87.5 cm³/mol. The van der Waals surface area contributed by atoms with Crippen LogP contribution in [0.4, 0.5) is 8.78 Å². The number of aromatic nitrogens is 2. The van der Waals surface area contributed by atoms with Crippen molar-refractivity contribution in [3.8, 4) is 0 Å². The van der Waals surface area contributed by atoms with Crippen molar-refractivity contribution >= 4 is 17.5 Å². The molecule has 0 aromatic carbocycles. The first-order valence-electron chi connectivity index (χ1n) is 7.99. The second kappa shape index (κ2) is 7.53. The highest BCUT2D eigenvalue weighted by Crippen LogP contribution is 2.28. The Labute approximate surface area is 148 Å². The Morgan fingerprint density at radius 3 is 2.64 bits per heavy atom. The molecule has 1 aliphatic rings. The van der Waals surface area contributed by atoms with Crippen LogP contribution in [0.15, 0.2) is 22.8 Å². The number of furan rings is 1. The minimum atomic E-state index is -2.76. The summed E-state index contributed by atoms with van der Waals surface area (Å²) in [4.78, 5) is 16.4. The third kappa shape index (κ3) is 4.01. The summed E-state index contributed by atoms with van der Waals surface area (Å²) in [5.74, 6) is 0.738. The van der Waals surface area contributed by atoms with E-state index in [0.29, 0.717) is 25.3 Å². The van der Waals surface area contributed by atoms with Gasteiger partial charge in [-0.2, -0.15) is 5.10 Å². The fraction of sp³-hybridized carbons (Fsp3) is 0.500. The maximum atomic E-state index is 12.8. The molecule has 0 bridgehead atoms. The zero-order valence-corrected chi connectivity index (χ0v) is 14.5. The summed E-state index contributed by atoms with van der Waals surface area (Å²) in [6.07, 6.45) is -1.12. The summed E-state index contributed by atoms with van der Waals surface area (Å²) in [5, 5.41) is 3.70. The summed E-state index contributed by atoms with van der Waals surface area (Å²) in [6.45, 7) is 4.82. The first-order chi connectivity index (χ1) is 12.0. The van der Waals surface area contributed by atoms with Gasteiger partial charge in [0.25, 0.3) is 6.43 Å². The van der Waals surface area contributed by atoms with E-state index in [1.54, 1.807) is 18.1 Å². The van der Waals surface area contributed by atoms with E-state index in [1.165, 1.54) is 4.68 Å². The van der Waals surface area contributed by atoms with E-state index < -0.39 is 12.1 Å². The minimum Gasteiger partial charge on any atom is -0.468 e. The highest BCUT2D eigenvalue weighted by atomic mass is 35.5. The van der Waals surface area contributed by atoms with Gasteiger partial charge in [0.1, 0.15) is 18.0 Å². The van der Waals surface area contributed by atoms with Gasteiger partial charge in [-0.25, -0.2) is 8.78 Å². The second-order valence-corrected chi connectivity index (χ2v) is 6.36. The van der Waals surface area contributed by atoms with E-state index in [-0.39, 0.29) is 17.5 Å². The zero-order valence-electron chi connectivity index (χ0n) is 13.8. The van der Waals surface area contributed by atoms with Crippen LogP contribution in [0.3, 0.4) is 0 Å². The molecule has 25 heavy (non-hydrogen) atoms. The van der Waals surface area contributed by atoms with E-state index >= 15 is 0 Å². The Kier molecular flexibility index (Phi) is 5.39. The maximum absolute atomic E-state index is 12.8. The minimum absolute atomic E-state index is 0.0777. The molecule has 1 fully saturated rings. The van der Waals surface area contributed by atoms with Gasteiger partial charge in [0.15, 0.2) is 0 Å². The lowest BCUT2D eigenvalue weighted by molar-refractivity contribution is -0.133. The van der Waals surface area contributed by atoms with Crippen LogP contribution in [0.5, 0.6) is 0 Å². The maximum Gasteiger partial charge on any atom is 0.283 e. The number of nitrogens with zero attached hydrogens (tertiary/aromatic N) is 4. The van der Waals surface area contributed by atoms with Crippen molar-refractivity contribution in [2.75, 3.05) is 26.2 Å². The second-order valence-electron chi connectivity index (χ2n) is 5.98. The molecule has 0 radical (unpaired) electrons. The number of hydrogen-bond donors (Lipinski definition) is 0. The van der Waals surface area contributed by atoms with Gasteiger partial charge < -0.3 is 9.32 Å². The number of amides is 1. The number of alkyl halides is 2. The Hall–Kier alpha value is -1.93. The lowest BCUT2D eigenvalue weighted by Crippen LogP contribution is -2.49. The number of rotatable bonds is 5. The Morgan fingerprint density at radius 1 is 1.36 bits per heavy atom. The number of carbonyl (C=O) groups excluding carboxylic acids is 1. The largest absolute Gasteiger partial charge is 0.468 e. The van der Waals surface area contributed by atoms with E-state index in [0.717, 1.165) is 18.8 Å². The average molecular weight is 373 g/mol. The molecule has 1 amide bonds. The van der Waals surface area contributed by atoms with E-state index in [4.69, 9.17) is 16.0 Å². The zero-order chi connectivity index (χ0) is 18.0.